The van der Waals surface area contributed by atoms with Crippen molar-refractivity contribution in [3.05, 3.63) is 65.5 Å². The van der Waals surface area contributed by atoms with Gasteiger partial charge in [-0.1, -0.05) is 43.7 Å². The zero-order chi connectivity index (χ0) is 16.2. The van der Waals surface area contributed by atoms with E-state index in [1.807, 2.05) is 31.2 Å². The lowest BCUT2D eigenvalue weighted by atomic mass is 10.0. The largest absolute Gasteiger partial charge is 0.419 e. The van der Waals surface area contributed by atoms with Crippen molar-refractivity contribution in [1.82, 2.24) is 10.2 Å². The van der Waals surface area contributed by atoms with Crippen LogP contribution in [0.4, 0.5) is 5.69 Å². The van der Waals surface area contributed by atoms with Gasteiger partial charge in [0.05, 0.1) is 6.54 Å². The van der Waals surface area contributed by atoms with Gasteiger partial charge in [0, 0.05) is 11.3 Å². The first-order chi connectivity index (χ1) is 11.1. The topological polar surface area (TPSA) is 51.0 Å². The number of hydrogen-bond donors (Lipinski definition) is 1. The highest BCUT2D eigenvalue weighted by Crippen LogP contribution is 2.20. The predicted molar refractivity (Wildman–Crippen MR) is 92.3 cm³/mol. The van der Waals surface area contributed by atoms with Crippen LogP contribution in [-0.4, -0.2) is 10.2 Å². The third kappa shape index (κ3) is 3.77. The lowest BCUT2D eigenvalue weighted by Gasteiger charge is -2.07. The second kappa shape index (κ2) is 6.65. The standard InChI is InChI=1S/C19H21N3O/c1-13(2)15-7-9-17(10-8-15)20-12-18-21-22-19(23-18)16-6-4-5-14(3)11-16/h4-11,13,20H,12H2,1-3H3. The van der Waals surface area contributed by atoms with Crippen LogP contribution in [0.5, 0.6) is 0 Å². The molecule has 0 aliphatic rings. The SMILES string of the molecule is Cc1cccc(-c2nnc(CNc3ccc(C(C)C)cc3)o2)c1. The number of aryl methyl sites for hydroxylation is 1. The third-order valence-corrected chi connectivity index (χ3v) is 3.75. The number of hydrogen-bond acceptors (Lipinski definition) is 4. The maximum absolute atomic E-state index is 5.72. The lowest BCUT2D eigenvalue weighted by molar-refractivity contribution is 0.515. The van der Waals surface area contributed by atoms with Crippen molar-refractivity contribution < 1.29 is 4.42 Å². The Bertz CT molecular complexity index is 775. The van der Waals surface area contributed by atoms with E-state index < -0.39 is 0 Å². The third-order valence-electron chi connectivity index (χ3n) is 3.75. The molecule has 23 heavy (non-hydrogen) atoms. The Morgan fingerprint density at radius 1 is 1.04 bits per heavy atom. The molecule has 0 atom stereocenters. The highest BCUT2D eigenvalue weighted by atomic mass is 16.4. The van der Waals surface area contributed by atoms with Crippen LogP contribution in [0.2, 0.25) is 0 Å². The number of rotatable bonds is 5. The summed E-state index contributed by atoms with van der Waals surface area (Å²) in [6, 6.07) is 16.5. The van der Waals surface area contributed by atoms with E-state index in [0.717, 1.165) is 11.3 Å². The van der Waals surface area contributed by atoms with Crippen molar-refractivity contribution in [1.29, 1.82) is 0 Å². The molecule has 1 N–H and O–H groups in total. The van der Waals surface area contributed by atoms with Gasteiger partial charge < -0.3 is 9.73 Å². The first-order valence-corrected chi connectivity index (χ1v) is 7.85. The first-order valence-electron chi connectivity index (χ1n) is 7.85. The van der Waals surface area contributed by atoms with Gasteiger partial charge in [-0.2, -0.15) is 0 Å². The summed E-state index contributed by atoms with van der Waals surface area (Å²) in [7, 11) is 0. The molecule has 0 fully saturated rings. The van der Waals surface area contributed by atoms with Crippen molar-refractivity contribution in [2.24, 2.45) is 0 Å². The fraction of sp³-hybridized carbons (Fsp3) is 0.263. The van der Waals surface area contributed by atoms with Crippen molar-refractivity contribution in [2.75, 3.05) is 5.32 Å². The molecule has 0 saturated heterocycles. The number of anilines is 1. The second-order valence-electron chi connectivity index (χ2n) is 6.00. The van der Waals surface area contributed by atoms with Gasteiger partial charge in [-0.05, 0) is 42.7 Å². The molecule has 0 amide bonds. The molecule has 4 nitrogen and oxygen atoms in total. The number of aromatic nitrogens is 2. The van der Waals surface area contributed by atoms with Gasteiger partial charge in [0.1, 0.15) is 0 Å². The minimum Gasteiger partial charge on any atom is -0.419 e. The minimum absolute atomic E-state index is 0.514. The van der Waals surface area contributed by atoms with Crippen molar-refractivity contribution in [3.8, 4) is 11.5 Å². The molecule has 2 aromatic carbocycles. The average molecular weight is 307 g/mol. The predicted octanol–water partition coefficient (Wildman–Crippen LogP) is 4.78. The van der Waals surface area contributed by atoms with E-state index in [-0.39, 0.29) is 0 Å². The van der Waals surface area contributed by atoms with Crippen LogP contribution in [0.25, 0.3) is 11.5 Å². The molecule has 3 rings (SSSR count). The Kier molecular flexibility index (Phi) is 4.42. The molecule has 118 valence electrons. The van der Waals surface area contributed by atoms with E-state index >= 15 is 0 Å². The monoisotopic (exact) mass is 307 g/mol. The molecule has 4 heteroatoms. The summed E-state index contributed by atoms with van der Waals surface area (Å²) in [4.78, 5) is 0. The molecule has 0 aliphatic carbocycles. The maximum atomic E-state index is 5.72. The molecule has 0 aliphatic heterocycles. The minimum atomic E-state index is 0.514. The number of nitrogens with zero attached hydrogens (tertiary/aromatic N) is 2. The van der Waals surface area contributed by atoms with Crippen LogP contribution in [0, 0.1) is 6.92 Å². The Balaban J connectivity index is 1.65. The molecule has 0 bridgehead atoms. The van der Waals surface area contributed by atoms with E-state index in [1.54, 1.807) is 0 Å². The van der Waals surface area contributed by atoms with Crippen LogP contribution in [0.3, 0.4) is 0 Å². The molecular weight excluding hydrogens is 286 g/mol. The Morgan fingerprint density at radius 2 is 1.83 bits per heavy atom. The normalized spacial score (nSPS) is 11.0. The first kappa shape index (κ1) is 15.3. The van der Waals surface area contributed by atoms with E-state index in [0.29, 0.717) is 24.2 Å². The molecule has 0 unspecified atom stereocenters. The van der Waals surface area contributed by atoms with Gasteiger partial charge in [0.25, 0.3) is 0 Å². The van der Waals surface area contributed by atoms with Crippen molar-refractivity contribution in [3.63, 3.8) is 0 Å². The summed E-state index contributed by atoms with van der Waals surface area (Å²) in [6.07, 6.45) is 0. The molecule has 1 heterocycles. The average Bonchev–Trinajstić information content (AvgIpc) is 3.02. The second-order valence-corrected chi connectivity index (χ2v) is 6.00. The summed E-state index contributed by atoms with van der Waals surface area (Å²) < 4.78 is 5.72. The molecule has 1 aromatic heterocycles. The molecule has 0 spiro atoms. The van der Waals surface area contributed by atoms with Crippen LogP contribution >= 0.6 is 0 Å². The lowest BCUT2D eigenvalue weighted by Crippen LogP contribution is -2.00. The smallest absolute Gasteiger partial charge is 0.247 e. The van der Waals surface area contributed by atoms with Crippen molar-refractivity contribution >= 4 is 5.69 Å². The quantitative estimate of drug-likeness (QED) is 0.737. The molecule has 0 radical (unpaired) electrons. The summed E-state index contributed by atoms with van der Waals surface area (Å²) in [5, 5.41) is 11.5. The fourth-order valence-electron chi connectivity index (χ4n) is 2.38. The van der Waals surface area contributed by atoms with Gasteiger partial charge in [0.15, 0.2) is 0 Å². The fourth-order valence-corrected chi connectivity index (χ4v) is 2.38. The van der Waals surface area contributed by atoms with E-state index in [2.05, 4.69) is 53.6 Å². The highest BCUT2D eigenvalue weighted by Gasteiger charge is 2.08. The van der Waals surface area contributed by atoms with E-state index in [9.17, 15) is 0 Å². The van der Waals surface area contributed by atoms with Crippen molar-refractivity contribution in [2.45, 2.75) is 33.2 Å². The Hall–Kier alpha value is -2.62. The van der Waals surface area contributed by atoms with E-state index in [1.165, 1.54) is 11.1 Å². The maximum Gasteiger partial charge on any atom is 0.247 e. The van der Waals surface area contributed by atoms with Gasteiger partial charge in [-0.3, -0.25) is 0 Å². The Morgan fingerprint density at radius 3 is 2.52 bits per heavy atom. The van der Waals surface area contributed by atoms with Gasteiger partial charge >= 0.3 is 0 Å². The van der Waals surface area contributed by atoms with E-state index in [4.69, 9.17) is 4.42 Å². The summed E-state index contributed by atoms with van der Waals surface area (Å²) in [6.45, 7) is 6.93. The highest BCUT2D eigenvalue weighted by molar-refractivity contribution is 5.53. The Labute approximate surface area is 136 Å². The number of benzene rings is 2. The zero-order valence-electron chi connectivity index (χ0n) is 13.7. The van der Waals surface area contributed by atoms with Crippen LogP contribution in [0.15, 0.2) is 52.9 Å². The summed E-state index contributed by atoms with van der Waals surface area (Å²) in [5.74, 6) is 1.67. The molecule has 3 aromatic rings. The summed E-state index contributed by atoms with van der Waals surface area (Å²) in [5.41, 5.74) is 4.50. The van der Waals surface area contributed by atoms with Gasteiger partial charge in [0.2, 0.25) is 11.8 Å². The van der Waals surface area contributed by atoms with Crippen LogP contribution in [-0.2, 0) is 6.54 Å². The van der Waals surface area contributed by atoms with Crippen LogP contribution < -0.4 is 5.32 Å². The summed E-state index contributed by atoms with van der Waals surface area (Å²) >= 11 is 0. The van der Waals surface area contributed by atoms with Crippen LogP contribution in [0.1, 0.15) is 36.8 Å². The van der Waals surface area contributed by atoms with Gasteiger partial charge in [-0.15, -0.1) is 10.2 Å². The zero-order valence-corrected chi connectivity index (χ0v) is 13.7. The molecular formula is C19H21N3O. The van der Waals surface area contributed by atoms with Gasteiger partial charge in [-0.25, -0.2) is 0 Å². The molecule has 0 saturated carbocycles. The number of nitrogens with one attached hydrogen (secondary N) is 1.